The van der Waals surface area contributed by atoms with Crippen LogP contribution in [-0.4, -0.2) is 22.7 Å². The van der Waals surface area contributed by atoms with E-state index in [1.54, 1.807) is 11.3 Å². The van der Waals surface area contributed by atoms with Crippen LogP contribution in [0.1, 0.15) is 24.8 Å². The van der Waals surface area contributed by atoms with E-state index in [1.807, 2.05) is 0 Å². The highest BCUT2D eigenvalue weighted by molar-refractivity contribution is 7.99. The molecule has 2 heterocycles. The molecule has 1 nitrogen and oxygen atoms in total. The van der Waals surface area contributed by atoms with Gasteiger partial charge in [0.1, 0.15) is 0 Å². The molecule has 2 aromatic rings. The van der Waals surface area contributed by atoms with E-state index in [9.17, 15) is 5.11 Å². The molecule has 19 heavy (non-hydrogen) atoms. The molecule has 1 fully saturated rings. The van der Waals surface area contributed by atoms with Gasteiger partial charge in [-0.15, -0.1) is 11.3 Å². The average molecular weight is 292 g/mol. The van der Waals surface area contributed by atoms with Crippen molar-refractivity contribution in [2.24, 2.45) is 5.92 Å². The van der Waals surface area contributed by atoms with Crippen molar-refractivity contribution in [2.75, 3.05) is 11.5 Å². The summed E-state index contributed by atoms with van der Waals surface area (Å²) in [4.78, 5) is 0. The number of aliphatic hydroxyl groups is 1. The summed E-state index contributed by atoms with van der Waals surface area (Å²) in [6.07, 6.45) is 4.18. The number of hydrogen-bond acceptors (Lipinski definition) is 3. The first-order valence-electron chi connectivity index (χ1n) is 7.04. The summed E-state index contributed by atoms with van der Waals surface area (Å²) >= 11 is 3.84. The highest BCUT2D eigenvalue weighted by Gasteiger charge is 2.18. The molecule has 0 amide bonds. The predicted octanol–water partition coefficient (Wildman–Crippen LogP) is 4.34. The van der Waals surface area contributed by atoms with E-state index in [1.165, 1.54) is 40.0 Å². The maximum atomic E-state index is 10.3. The van der Waals surface area contributed by atoms with Crippen molar-refractivity contribution in [3.05, 3.63) is 35.2 Å². The number of benzene rings is 1. The molecular weight excluding hydrogens is 272 g/mol. The number of thiophene rings is 1. The first-order chi connectivity index (χ1) is 9.33. The standard InChI is InChI=1S/C16H20OS2/c17-14(9-12-5-7-18-8-6-12)10-13-11-19-16-4-2-1-3-15(13)16/h1-4,11-12,14,17H,5-10H2. The maximum absolute atomic E-state index is 10.3. The third-order valence-electron chi connectivity index (χ3n) is 3.96. The van der Waals surface area contributed by atoms with Crippen molar-refractivity contribution >= 4 is 33.2 Å². The smallest absolute Gasteiger partial charge is 0.0583 e. The van der Waals surface area contributed by atoms with Crippen LogP contribution >= 0.6 is 23.1 Å². The minimum absolute atomic E-state index is 0.175. The first-order valence-corrected chi connectivity index (χ1v) is 9.07. The molecular formula is C16H20OS2. The summed E-state index contributed by atoms with van der Waals surface area (Å²) in [5.41, 5.74) is 1.32. The van der Waals surface area contributed by atoms with E-state index in [0.29, 0.717) is 0 Å². The van der Waals surface area contributed by atoms with E-state index in [4.69, 9.17) is 0 Å². The van der Waals surface area contributed by atoms with Crippen LogP contribution in [-0.2, 0) is 6.42 Å². The van der Waals surface area contributed by atoms with Gasteiger partial charge in [-0.05, 0) is 65.5 Å². The van der Waals surface area contributed by atoms with Crippen LogP contribution in [0.3, 0.4) is 0 Å². The quantitative estimate of drug-likeness (QED) is 0.904. The molecule has 102 valence electrons. The number of thioether (sulfide) groups is 1. The largest absolute Gasteiger partial charge is 0.393 e. The highest BCUT2D eigenvalue weighted by Crippen LogP contribution is 2.30. The Kier molecular flexibility index (Phi) is 4.46. The van der Waals surface area contributed by atoms with Crippen LogP contribution in [0.2, 0.25) is 0 Å². The third-order valence-corrected chi connectivity index (χ3v) is 6.02. The van der Waals surface area contributed by atoms with Gasteiger partial charge in [-0.3, -0.25) is 0 Å². The lowest BCUT2D eigenvalue weighted by Crippen LogP contribution is -2.19. The molecule has 0 aliphatic carbocycles. The van der Waals surface area contributed by atoms with E-state index in [-0.39, 0.29) is 6.10 Å². The van der Waals surface area contributed by atoms with Gasteiger partial charge in [0.15, 0.2) is 0 Å². The summed E-state index contributed by atoms with van der Waals surface area (Å²) in [5.74, 6) is 3.29. The van der Waals surface area contributed by atoms with Crippen molar-refractivity contribution in [1.29, 1.82) is 0 Å². The van der Waals surface area contributed by atoms with Gasteiger partial charge >= 0.3 is 0 Å². The molecule has 1 aromatic carbocycles. The third kappa shape index (κ3) is 3.33. The number of fused-ring (bicyclic) bond motifs is 1. The van der Waals surface area contributed by atoms with Crippen LogP contribution in [0, 0.1) is 5.92 Å². The number of hydrogen-bond donors (Lipinski definition) is 1. The van der Waals surface area contributed by atoms with Gasteiger partial charge in [-0.2, -0.15) is 11.8 Å². The Morgan fingerprint density at radius 2 is 2.00 bits per heavy atom. The Labute approximate surface area is 123 Å². The lowest BCUT2D eigenvalue weighted by Gasteiger charge is -2.23. The summed E-state index contributed by atoms with van der Waals surface area (Å²) < 4.78 is 1.33. The second kappa shape index (κ2) is 6.29. The molecule has 1 atom stereocenters. The Bertz CT molecular complexity index is 528. The van der Waals surface area contributed by atoms with Crippen molar-refractivity contribution in [2.45, 2.75) is 31.8 Å². The van der Waals surface area contributed by atoms with Crippen LogP contribution in [0.4, 0.5) is 0 Å². The molecule has 1 saturated heterocycles. The van der Waals surface area contributed by atoms with E-state index in [2.05, 4.69) is 41.4 Å². The Hall–Kier alpha value is -0.510. The Morgan fingerprint density at radius 1 is 1.21 bits per heavy atom. The molecule has 1 aliphatic rings. The zero-order valence-electron chi connectivity index (χ0n) is 11.0. The van der Waals surface area contributed by atoms with Crippen molar-refractivity contribution in [3.63, 3.8) is 0 Å². The van der Waals surface area contributed by atoms with Gasteiger partial charge in [-0.25, -0.2) is 0 Å². The van der Waals surface area contributed by atoms with E-state index >= 15 is 0 Å². The molecule has 0 saturated carbocycles. The molecule has 1 aromatic heterocycles. The fourth-order valence-electron chi connectivity index (χ4n) is 2.89. The van der Waals surface area contributed by atoms with Crippen LogP contribution in [0.5, 0.6) is 0 Å². The van der Waals surface area contributed by atoms with Crippen LogP contribution in [0.15, 0.2) is 29.6 Å². The average Bonchev–Trinajstić information content (AvgIpc) is 2.83. The molecule has 1 N–H and O–H groups in total. The van der Waals surface area contributed by atoms with Crippen molar-refractivity contribution in [3.8, 4) is 0 Å². The van der Waals surface area contributed by atoms with Gasteiger partial charge in [-0.1, -0.05) is 18.2 Å². The van der Waals surface area contributed by atoms with Crippen LogP contribution < -0.4 is 0 Å². The number of rotatable bonds is 4. The van der Waals surface area contributed by atoms with Gasteiger partial charge in [0.05, 0.1) is 6.10 Å². The molecule has 3 rings (SSSR count). The molecule has 3 heteroatoms. The molecule has 0 bridgehead atoms. The second-order valence-corrected chi connectivity index (χ2v) is 7.54. The topological polar surface area (TPSA) is 20.2 Å². The molecule has 1 unspecified atom stereocenters. The van der Waals surface area contributed by atoms with Gasteiger partial charge in [0.25, 0.3) is 0 Å². The monoisotopic (exact) mass is 292 g/mol. The van der Waals surface area contributed by atoms with Gasteiger partial charge in [0, 0.05) is 4.70 Å². The summed E-state index contributed by atoms with van der Waals surface area (Å²) in [7, 11) is 0. The highest BCUT2D eigenvalue weighted by atomic mass is 32.2. The fraction of sp³-hybridized carbons (Fsp3) is 0.500. The SMILES string of the molecule is OC(Cc1csc2ccccc12)CC1CCSCC1. The van der Waals surface area contributed by atoms with Crippen molar-refractivity contribution < 1.29 is 5.11 Å². The maximum Gasteiger partial charge on any atom is 0.0583 e. The van der Waals surface area contributed by atoms with Gasteiger partial charge in [0.2, 0.25) is 0 Å². The Balaban J connectivity index is 1.63. The predicted molar refractivity (Wildman–Crippen MR) is 86.2 cm³/mol. The first kappa shape index (κ1) is 13.5. The fourth-order valence-corrected chi connectivity index (χ4v) is 5.07. The zero-order chi connectivity index (χ0) is 13.1. The second-order valence-electron chi connectivity index (χ2n) is 5.41. The minimum atomic E-state index is -0.175. The van der Waals surface area contributed by atoms with Gasteiger partial charge < -0.3 is 5.11 Å². The summed E-state index contributed by atoms with van der Waals surface area (Å²) in [6, 6.07) is 8.50. The molecule has 0 radical (unpaired) electrons. The van der Waals surface area contributed by atoms with Crippen molar-refractivity contribution in [1.82, 2.24) is 0 Å². The summed E-state index contributed by atoms with van der Waals surface area (Å²) in [5, 5.41) is 13.9. The molecule has 0 spiro atoms. The molecule has 1 aliphatic heterocycles. The minimum Gasteiger partial charge on any atom is -0.393 e. The lowest BCUT2D eigenvalue weighted by atomic mass is 9.93. The van der Waals surface area contributed by atoms with E-state index in [0.717, 1.165) is 18.8 Å². The van der Waals surface area contributed by atoms with Crippen LogP contribution in [0.25, 0.3) is 10.1 Å². The zero-order valence-corrected chi connectivity index (χ0v) is 12.7. The number of aliphatic hydroxyl groups excluding tert-OH is 1. The lowest BCUT2D eigenvalue weighted by molar-refractivity contribution is 0.140. The Morgan fingerprint density at radius 3 is 2.84 bits per heavy atom. The summed E-state index contributed by atoms with van der Waals surface area (Å²) in [6.45, 7) is 0. The van der Waals surface area contributed by atoms with E-state index < -0.39 is 0 Å². The normalized spacial score (nSPS) is 18.8.